The molecule has 196 valence electrons. The molecule has 4 rings (SSSR count). The summed E-state index contributed by atoms with van der Waals surface area (Å²) >= 11 is 0. The molecule has 2 aromatic heterocycles. The number of hydrogen-bond acceptors (Lipinski definition) is 4. The molecule has 0 unspecified atom stereocenters. The van der Waals surface area contributed by atoms with Gasteiger partial charge in [0.2, 0.25) is 11.8 Å². The van der Waals surface area contributed by atoms with Crippen LogP contribution in [0.3, 0.4) is 0 Å². The zero-order valence-electron chi connectivity index (χ0n) is 21.8. The van der Waals surface area contributed by atoms with Crippen LogP contribution in [0.15, 0.2) is 48.7 Å². The standard InChI is InChI=1S/C29H38N6O2/c1-3-19(2)28(35-27(36)12-6-4-5-9-15-30)29(37)32-21-13-14-24-25(17-21)34-26(33-24)16-20-18-31-23-11-8-7-10-22(20)23/h7-8,10-11,13-14,17-19,28,31H,3-6,9,12,15-16,30H2,1-2H3,(H,32,37)(H,33,34)(H,35,36)/t19-,28+/m1/s1. The first kappa shape index (κ1) is 26.4. The minimum absolute atomic E-state index is 0.0138. The van der Waals surface area contributed by atoms with Gasteiger partial charge in [-0.25, -0.2) is 4.98 Å². The predicted octanol–water partition coefficient (Wildman–Crippen LogP) is 5.01. The molecule has 0 spiro atoms. The number of nitrogens with one attached hydrogen (secondary N) is 4. The summed E-state index contributed by atoms with van der Waals surface area (Å²) in [7, 11) is 0. The first-order valence-corrected chi connectivity index (χ1v) is 13.3. The van der Waals surface area contributed by atoms with Crippen LogP contribution in [0.1, 0.15) is 63.8 Å². The smallest absolute Gasteiger partial charge is 0.247 e. The number of imidazole rings is 1. The number of benzene rings is 2. The van der Waals surface area contributed by atoms with Crippen LogP contribution in [0, 0.1) is 5.92 Å². The van der Waals surface area contributed by atoms with Gasteiger partial charge in [0.1, 0.15) is 11.9 Å². The predicted molar refractivity (Wildman–Crippen MR) is 149 cm³/mol. The Bertz CT molecular complexity index is 1340. The molecule has 37 heavy (non-hydrogen) atoms. The third-order valence-electron chi connectivity index (χ3n) is 7.00. The normalized spacial score (nSPS) is 13.1. The van der Waals surface area contributed by atoms with Crippen molar-refractivity contribution in [3.63, 3.8) is 0 Å². The number of nitrogens with two attached hydrogens (primary N) is 1. The molecule has 2 aromatic carbocycles. The minimum atomic E-state index is -0.587. The van der Waals surface area contributed by atoms with Crippen LogP contribution in [0.2, 0.25) is 0 Å². The number of hydrogen-bond donors (Lipinski definition) is 5. The first-order chi connectivity index (χ1) is 18.0. The van der Waals surface area contributed by atoms with Crippen LogP contribution in [-0.2, 0) is 16.0 Å². The highest BCUT2D eigenvalue weighted by Crippen LogP contribution is 2.23. The van der Waals surface area contributed by atoms with E-state index in [2.05, 4.69) is 32.7 Å². The van der Waals surface area contributed by atoms with E-state index in [4.69, 9.17) is 10.7 Å². The number of carbonyl (C=O) groups is 2. The van der Waals surface area contributed by atoms with Crippen LogP contribution in [0.25, 0.3) is 21.9 Å². The SMILES string of the molecule is CC[C@@H](C)[C@H](NC(=O)CCCCCCN)C(=O)Nc1ccc2nc(Cc3c[nH]c4ccccc34)[nH]c2c1. The van der Waals surface area contributed by atoms with Crippen LogP contribution in [0.5, 0.6) is 0 Å². The first-order valence-electron chi connectivity index (χ1n) is 13.3. The van der Waals surface area contributed by atoms with Gasteiger partial charge in [-0.1, -0.05) is 51.3 Å². The summed E-state index contributed by atoms with van der Waals surface area (Å²) in [6, 6.07) is 13.3. The lowest BCUT2D eigenvalue weighted by Gasteiger charge is -2.23. The molecule has 6 N–H and O–H groups in total. The molecule has 2 atom stereocenters. The molecule has 0 saturated heterocycles. The van der Waals surface area contributed by atoms with Crippen molar-refractivity contribution in [2.75, 3.05) is 11.9 Å². The van der Waals surface area contributed by atoms with Crippen LogP contribution in [-0.4, -0.2) is 39.4 Å². The molecule has 2 amide bonds. The van der Waals surface area contributed by atoms with E-state index in [1.165, 1.54) is 10.9 Å². The minimum Gasteiger partial charge on any atom is -0.361 e. The van der Waals surface area contributed by atoms with E-state index in [9.17, 15) is 9.59 Å². The Morgan fingerprint density at radius 1 is 1.05 bits per heavy atom. The van der Waals surface area contributed by atoms with Crippen molar-refractivity contribution in [2.24, 2.45) is 11.7 Å². The molecule has 0 aliphatic carbocycles. The molecular formula is C29H38N6O2. The lowest BCUT2D eigenvalue weighted by molar-refractivity contribution is -0.127. The summed E-state index contributed by atoms with van der Waals surface area (Å²) in [5.41, 5.74) is 10.2. The maximum absolute atomic E-state index is 13.2. The third kappa shape index (κ3) is 6.77. The summed E-state index contributed by atoms with van der Waals surface area (Å²) in [4.78, 5) is 37.1. The van der Waals surface area contributed by atoms with E-state index in [1.807, 2.05) is 50.4 Å². The van der Waals surface area contributed by atoms with Crippen LogP contribution in [0.4, 0.5) is 5.69 Å². The summed E-state index contributed by atoms with van der Waals surface area (Å²) in [5, 5.41) is 7.14. The summed E-state index contributed by atoms with van der Waals surface area (Å²) < 4.78 is 0. The Morgan fingerprint density at radius 2 is 1.86 bits per heavy atom. The molecule has 0 fully saturated rings. The zero-order chi connectivity index (χ0) is 26.2. The topological polar surface area (TPSA) is 129 Å². The highest BCUT2D eigenvalue weighted by atomic mass is 16.2. The van der Waals surface area contributed by atoms with Gasteiger partial charge in [0, 0.05) is 35.6 Å². The zero-order valence-corrected chi connectivity index (χ0v) is 21.8. The van der Waals surface area contributed by atoms with Crippen molar-refractivity contribution >= 4 is 39.4 Å². The number of unbranched alkanes of at least 4 members (excludes halogenated alkanes) is 3. The molecule has 0 aliphatic heterocycles. The maximum atomic E-state index is 13.2. The van der Waals surface area contributed by atoms with E-state index in [0.29, 0.717) is 25.1 Å². The van der Waals surface area contributed by atoms with Crippen molar-refractivity contribution in [1.29, 1.82) is 0 Å². The fourth-order valence-electron chi connectivity index (χ4n) is 4.63. The van der Waals surface area contributed by atoms with E-state index >= 15 is 0 Å². The van der Waals surface area contributed by atoms with Gasteiger partial charge >= 0.3 is 0 Å². The second kappa shape index (κ2) is 12.5. The lowest BCUT2D eigenvalue weighted by Crippen LogP contribution is -2.47. The largest absolute Gasteiger partial charge is 0.361 e. The molecule has 0 saturated carbocycles. The molecule has 0 bridgehead atoms. The lowest BCUT2D eigenvalue weighted by atomic mass is 9.97. The van der Waals surface area contributed by atoms with E-state index in [-0.39, 0.29) is 17.7 Å². The number of aromatic nitrogens is 3. The molecular weight excluding hydrogens is 464 g/mol. The average Bonchev–Trinajstić information content (AvgIpc) is 3.50. The van der Waals surface area contributed by atoms with Gasteiger partial charge in [-0.15, -0.1) is 0 Å². The summed E-state index contributed by atoms with van der Waals surface area (Å²) in [6.45, 7) is 4.69. The Morgan fingerprint density at radius 3 is 2.68 bits per heavy atom. The number of rotatable bonds is 13. The van der Waals surface area contributed by atoms with Gasteiger partial charge in [-0.3, -0.25) is 9.59 Å². The second-order valence-corrected chi connectivity index (χ2v) is 9.82. The number of carbonyl (C=O) groups excluding carboxylic acids is 2. The number of nitrogens with zero attached hydrogens (tertiary/aromatic N) is 1. The fourth-order valence-corrected chi connectivity index (χ4v) is 4.63. The van der Waals surface area contributed by atoms with Gasteiger partial charge in [-0.2, -0.15) is 0 Å². The van der Waals surface area contributed by atoms with Crippen molar-refractivity contribution < 1.29 is 9.59 Å². The molecule has 8 nitrogen and oxygen atoms in total. The highest BCUT2D eigenvalue weighted by molar-refractivity contribution is 5.98. The van der Waals surface area contributed by atoms with Gasteiger partial charge in [0.05, 0.1) is 11.0 Å². The molecule has 2 heterocycles. The molecule has 0 aliphatic rings. The third-order valence-corrected chi connectivity index (χ3v) is 7.00. The van der Waals surface area contributed by atoms with Gasteiger partial charge in [0.15, 0.2) is 0 Å². The summed E-state index contributed by atoms with van der Waals surface area (Å²) in [5.74, 6) is 0.585. The Kier molecular flexibility index (Phi) is 8.95. The molecule has 8 heteroatoms. The number of para-hydroxylation sites is 1. The second-order valence-electron chi connectivity index (χ2n) is 9.82. The van der Waals surface area contributed by atoms with E-state index < -0.39 is 6.04 Å². The van der Waals surface area contributed by atoms with Crippen molar-refractivity contribution in [3.05, 3.63) is 60.0 Å². The quantitative estimate of drug-likeness (QED) is 0.165. The number of H-pyrrole nitrogens is 2. The van der Waals surface area contributed by atoms with Crippen molar-refractivity contribution in [1.82, 2.24) is 20.3 Å². The van der Waals surface area contributed by atoms with Gasteiger partial charge in [0.25, 0.3) is 0 Å². The number of anilines is 1. The van der Waals surface area contributed by atoms with E-state index in [0.717, 1.165) is 54.5 Å². The Hall–Kier alpha value is -3.65. The average molecular weight is 503 g/mol. The summed E-state index contributed by atoms with van der Waals surface area (Å²) in [6.07, 6.45) is 7.68. The number of aromatic amines is 2. The van der Waals surface area contributed by atoms with Crippen molar-refractivity contribution in [2.45, 2.75) is 64.8 Å². The Balaban J connectivity index is 1.40. The maximum Gasteiger partial charge on any atom is 0.247 e. The highest BCUT2D eigenvalue weighted by Gasteiger charge is 2.26. The van der Waals surface area contributed by atoms with Crippen molar-refractivity contribution in [3.8, 4) is 0 Å². The monoisotopic (exact) mass is 502 g/mol. The van der Waals surface area contributed by atoms with Crippen LogP contribution < -0.4 is 16.4 Å². The fraction of sp³-hybridized carbons (Fsp3) is 0.414. The molecule has 4 aromatic rings. The number of amides is 2. The van der Waals surface area contributed by atoms with Crippen LogP contribution >= 0.6 is 0 Å². The molecule has 0 radical (unpaired) electrons. The van der Waals surface area contributed by atoms with Gasteiger partial charge in [-0.05, 0) is 55.1 Å². The Labute approximate surface area is 217 Å². The van der Waals surface area contributed by atoms with Gasteiger partial charge < -0.3 is 26.3 Å². The van der Waals surface area contributed by atoms with E-state index in [1.54, 1.807) is 0 Å². The number of fused-ring (bicyclic) bond motifs is 2.